The quantitative estimate of drug-likeness (QED) is 0.771. The molecule has 1 unspecified atom stereocenters. The molecular formula is C20H21N3O2. The van der Waals surface area contributed by atoms with Crippen LogP contribution < -0.4 is 10.6 Å². The van der Waals surface area contributed by atoms with Gasteiger partial charge in [0.05, 0.1) is 6.42 Å². The number of hydrogen-bond acceptors (Lipinski definition) is 2. The van der Waals surface area contributed by atoms with E-state index in [0.29, 0.717) is 13.0 Å². The fourth-order valence-corrected chi connectivity index (χ4v) is 3.67. The average molecular weight is 335 g/mol. The van der Waals surface area contributed by atoms with Crippen molar-refractivity contribution in [1.29, 1.82) is 0 Å². The van der Waals surface area contributed by atoms with Crippen molar-refractivity contribution in [1.82, 2.24) is 15.2 Å². The number of carbonyl (C=O) groups is 2. The maximum Gasteiger partial charge on any atom is 0.242 e. The number of piperidine rings is 1. The third-order valence-corrected chi connectivity index (χ3v) is 4.96. The first-order valence-electron chi connectivity index (χ1n) is 8.66. The molecule has 0 bridgehead atoms. The first-order valence-corrected chi connectivity index (χ1v) is 8.66. The van der Waals surface area contributed by atoms with Crippen LogP contribution in [0.1, 0.15) is 18.4 Å². The molecule has 2 aromatic carbocycles. The number of rotatable bonds is 3. The lowest BCUT2D eigenvalue weighted by molar-refractivity contribution is -0.129. The van der Waals surface area contributed by atoms with Crippen molar-refractivity contribution >= 4 is 33.6 Å². The van der Waals surface area contributed by atoms with E-state index in [0.717, 1.165) is 22.9 Å². The van der Waals surface area contributed by atoms with Crippen molar-refractivity contribution in [2.75, 3.05) is 6.54 Å². The van der Waals surface area contributed by atoms with E-state index in [-0.39, 0.29) is 18.2 Å². The van der Waals surface area contributed by atoms with Crippen molar-refractivity contribution < 1.29 is 9.59 Å². The highest BCUT2D eigenvalue weighted by molar-refractivity contribution is 6.08. The van der Waals surface area contributed by atoms with Crippen LogP contribution >= 0.6 is 0 Å². The van der Waals surface area contributed by atoms with Crippen LogP contribution in [0.2, 0.25) is 0 Å². The monoisotopic (exact) mass is 335 g/mol. The molecule has 4 rings (SSSR count). The zero-order chi connectivity index (χ0) is 17.4. The largest absolute Gasteiger partial charge is 0.354 e. The van der Waals surface area contributed by atoms with Gasteiger partial charge in [0.15, 0.2) is 0 Å². The van der Waals surface area contributed by atoms with E-state index in [1.54, 1.807) is 0 Å². The first-order chi connectivity index (χ1) is 12.1. The van der Waals surface area contributed by atoms with Crippen molar-refractivity contribution in [2.24, 2.45) is 7.05 Å². The molecule has 25 heavy (non-hydrogen) atoms. The molecule has 128 valence electrons. The molecule has 0 saturated carbocycles. The van der Waals surface area contributed by atoms with E-state index in [2.05, 4.69) is 46.5 Å². The Balaban J connectivity index is 1.58. The van der Waals surface area contributed by atoms with Gasteiger partial charge in [-0.15, -0.1) is 0 Å². The van der Waals surface area contributed by atoms with Crippen LogP contribution in [0.25, 0.3) is 21.8 Å². The fraction of sp³-hybridized carbons (Fsp3) is 0.300. The van der Waals surface area contributed by atoms with E-state index in [4.69, 9.17) is 0 Å². The fourth-order valence-electron chi connectivity index (χ4n) is 3.67. The summed E-state index contributed by atoms with van der Waals surface area (Å²) < 4.78 is 2.17. The Kier molecular flexibility index (Phi) is 3.92. The summed E-state index contributed by atoms with van der Waals surface area (Å²) in [5.41, 5.74) is 3.28. The first kappa shape index (κ1) is 15.7. The van der Waals surface area contributed by atoms with Crippen LogP contribution in [-0.4, -0.2) is 29.0 Å². The van der Waals surface area contributed by atoms with Crippen molar-refractivity contribution in [3.8, 4) is 0 Å². The van der Waals surface area contributed by atoms with Crippen LogP contribution in [0, 0.1) is 0 Å². The lowest BCUT2D eigenvalue weighted by Crippen LogP contribution is -2.50. The molecule has 5 nitrogen and oxygen atoms in total. The molecule has 1 atom stereocenters. The Morgan fingerprint density at radius 1 is 1.20 bits per heavy atom. The van der Waals surface area contributed by atoms with Crippen molar-refractivity contribution in [2.45, 2.75) is 25.3 Å². The Morgan fingerprint density at radius 3 is 2.84 bits per heavy atom. The SMILES string of the molecule is Cn1c2ccccc2c2cc(CC(=O)NC3CCCNC3=O)ccc21. The Morgan fingerprint density at radius 2 is 2.00 bits per heavy atom. The Bertz CT molecular complexity index is 974. The summed E-state index contributed by atoms with van der Waals surface area (Å²) in [5.74, 6) is -0.189. The van der Waals surface area contributed by atoms with Gasteiger partial charge in [0.25, 0.3) is 0 Å². The highest BCUT2D eigenvalue weighted by Crippen LogP contribution is 2.28. The predicted molar refractivity (Wildman–Crippen MR) is 98.3 cm³/mol. The standard InChI is InChI=1S/C20H21N3O2/c1-23-17-7-3-2-5-14(17)15-11-13(8-9-18(15)23)12-19(24)22-16-6-4-10-21-20(16)25/h2-3,5,7-9,11,16H,4,6,10,12H2,1H3,(H,21,25)(H,22,24). The van der Waals surface area contributed by atoms with Crippen LogP contribution in [0.3, 0.4) is 0 Å². The topological polar surface area (TPSA) is 63.1 Å². The molecule has 0 radical (unpaired) electrons. The van der Waals surface area contributed by atoms with Gasteiger partial charge in [-0.3, -0.25) is 9.59 Å². The number of aryl methyl sites for hydroxylation is 1. The molecule has 0 aliphatic carbocycles. The minimum Gasteiger partial charge on any atom is -0.354 e. The third-order valence-electron chi connectivity index (χ3n) is 4.96. The minimum absolute atomic E-state index is 0.0795. The molecule has 1 aliphatic heterocycles. The van der Waals surface area contributed by atoms with E-state index >= 15 is 0 Å². The van der Waals surface area contributed by atoms with E-state index in [1.165, 1.54) is 10.9 Å². The van der Waals surface area contributed by atoms with Gasteiger partial charge in [-0.25, -0.2) is 0 Å². The lowest BCUT2D eigenvalue weighted by atomic mass is 10.0. The summed E-state index contributed by atoms with van der Waals surface area (Å²) in [7, 11) is 2.05. The van der Waals surface area contributed by atoms with Gasteiger partial charge in [-0.1, -0.05) is 24.3 Å². The summed E-state index contributed by atoms with van der Waals surface area (Å²) in [4.78, 5) is 24.1. The number of nitrogens with zero attached hydrogens (tertiary/aromatic N) is 1. The summed E-state index contributed by atoms with van der Waals surface area (Å²) >= 11 is 0. The van der Waals surface area contributed by atoms with Crippen LogP contribution in [0.4, 0.5) is 0 Å². The van der Waals surface area contributed by atoms with Gasteiger partial charge in [-0.05, 0) is 36.6 Å². The number of benzene rings is 2. The normalized spacial score (nSPS) is 17.6. The highest BCUT2D eigenvalue weighted by atomic mass is 16.2. The number of para-hydroxylation sites is 1. The second-order valence-electron chi connectivity index (χ2n) is 6.66. The van der Waals surface area contributed by atoms with Gasteiger partial charge in [-0.2, -0.15) is 0 Å². The highest BCUT2D eigenvalue weighted by Gasteiger charge is 2.23. The molecule has 2 amide bonds. The predicted octanol–water partition coefficient (Wildman–Crippen LogP) is 2.27. The maximum atomic E-state index is 12.3. The van der Waals surface area contributed by atoms with Crippen LogP contribution in [0.5, 0.6) is 0 Å². The number of hydrogen-bond donors (Lipinski definition) is 2. The molecule has 0 spiro atoms. The summed E-state index contributed by atoms with van der Waals surface area (Å²) in [6.45, 7) is 0.697. The molecule has 1 fully saturated rings. The second kappa shape index (κ2) is 6.24. The summed E-state index contributed by atoms with van der Waals surface area (Å²) in [5, 5.41) is 7.98. The molecule has 1 aromatic heterocycles. The number of amides is 2. The number of fused-ring (bicyclic) bond motifs is 3. The summed E-state index contributed by atoms with van der Waals surface area (Å²) in [6.07, 6.45) is 1.89. The smallest absolute Gasteiger partial charge is 0.242 e. The van der Waals surface area contributed by atoms with Crippen LogP contribution in [-0.2, 0) is 23.1 Å². The third kappa shape index (κ3) is 2.86. The van der Waals surface area contributed by atoms with Gasteiger partial charge in [0.1, 0.15) is 6.04 Å². The second-order valence-corrected chi connectivity index (χ2v) is 6.66. The minimum atomic E-state index is -0.400. The molecule has 5 heteroatoms. The molecule has 2 heterocycles. The zero-order valence-electron chi connectivity index (χ0n) is 14.2. The number of carbonyl (C=O) groups excluding carboxylic acids is 2. The Labute approximate surface area is 146 Å². The van der Waals surface area contributed by atoms with E-state index in [1.807, 2.05) is 18.2 Å². The van der Waals surface area contributed by atoms with Gasteiger partial charge < -0.3 is 15.2 Å². The van der Waals surface area contributed by atoms with Crippen molar-refractivity contribution in [3.63, 3.8) is 0 Å². The summed E-state index contributed by atoms with van der Waals surface area (Å²) in [6, 6.07) is 14.0. The Hall–Kier alpha value is -2.82. The van der Waals surface area contributed by atoms with Gasteiger partial charge in [0, 0.05) is 35.4 Å². The molecule has 2 N–H and O–H groups in total. The number of nitrogens with one attached hydrogen (secondary N) is 2. The molecule has 1 aliphatic rings. The maximum absolute atomic E-state index is 12.3. The average Bonchev–Trinajstić information content (AvgIpc) is 2.90. The molecular weight excluding hydrogens is 314 g/mol. The van der Waals surface area contributed by atoms with Crippen LogP contribution in [0.15, 0.2) is 42.5 Å². The number of aromatic nitrogens is 1. The van der Waals surface area contributed by atoms with E-state index in [9.17, 15) is 9.59 Å². The van der Waals surface area contributed by atoms with E-state index < -0.39 is 6.04 Å². The lowest BCUT2D eigenvalue weighted by Gasteiger charge is -2.22. The van der Waals surface area contributed by atoms with Gasteiger partial charge in [0.2, 0.25) is 11.8 Å². The zero-order valence-corrected chi connectivity index (χ0v) is 14.2. The molecule has 3 aromatic rings. The van der Waals surface area contributed by atoms with Gasteiger partial charge >= 0.3 is 0 Å². The molecule has 1 saturated heterocycles. The van der Waals surface area contributed by atoms with Crippen molar-refractivity contribution in [3.05, 3.63) is 48.0 Å².